The van der Waals surface area contributed by atoms with Gasteiger partial charge in [0.15, 0.2) is 0 Å². The Hall–Kier alpha value is -2.55. The second-order valence-corrected chi connectivity index (χ2v) is 20.7. The maximum absolute atomic E-state index is 8.26. The predicted molar refractivity (Wildman–Crippen MR) is 181 cm³/mol. The van der Waals surface area contributed by atoms with Crippen molar-refractivity contribution in [3.8, 4) is 0 Å². The Morgan fingerprint density at radius 2 is 0.821 bits per heavy atom. The van der Waals surface area contributed by atoms with Gasteiger partial charge in [-0.05, 0) is 45.4 Å². The molecule has 0 spiro atoms. The zero-order valence-electron chi connectivity index (χ0n) is 23.2. The van der Waals surface area contributed by atoms with Crippen molar-refractivity contribution in [2.45, 2.75) is 37.4 Å². The van der Waals surface area contributed by atoms with Crippen molar-refractivity contribution in [3.63, 3.8) is 0 Å². The molecule has 2 atom stereocenters. The summed E-state index contributed by atoms with van der Waals surface area (Å²) in [6, 6.07) is 44.1. The summed E-state index contributed by atoms with van der Waals surface area (Å²) in [5.41, 5.74) is 0. The van der Waals surface area contributed by atoms with Crippen LogP contribution in [0.5, 0.6) is 0 Å². The molecule has 4 aromatic rings. The molecule has 0 heterocycles. The Morgan fingerprint density at radius 3 is 1.13 bits per heavy atom. The van der Waals surface area contributed by atoms with Gasteiger partial charge in [0.1, 0.15) is 0 Å². The molecular formula is C34H38OS2Si2. The second kappa shape index (κ2) is 14.2. The highest BCUT2D eigenvalue weighted by Crippen LogP contribution is 2.35. The number of benzene rings is 4. The molecule has 0 fully saturated rings. The van der Waals surface area contributed by atoms with Crippen LogP contribution in [0.15, 0.2) is 144 Å². The number of thioether (sulfide) groups is 2. The van der Waals surface area contributed by atoms with Crippen molar-refractivity contribution >= 4 is 60.9 Å². The Kier molecular flexibility index (Phi) is 10.7. The van der Waals surface area contributed by atoms with Gasteiger partial charge in [0.05, 0.1) is 0 Å². The Morgan fingerprint density at radius 1 is 0.513 bits per heavy atom. The van der Waals surface area contributed by atoms with Crippen LogP contribution in [-0.4, -0.2) is 26.4 Å². The number of hydrogen-bond acceptors (Lipinski definition) is 3. The van der Waals surface area contributed by atoms with Gasteiger partial charge in [-0.3, -0.25) is 0 Å². The van der Waals surface area contributed by atoms with Crippen LogP contribution in [0.3, 0.4) is 0 Å². The van der Waals surface area contributed by atoms with Gasteiger partial charge in [0.2, 0.25) is 8.32 Å². The fraction of sp³-hybridized carbons (Fsp3) is 0.176. The molecule has 2 unspecified atom stereocenters. The summed E-state index contributed by atoms with van der Waals surface area (Å²) in [7, 11) is -5.71. The van der Waals surface area contributed by atoms with Crippen molar-refractivity contribution < 1.29 is 4.12 Å². The maximum Gasteiger partial charge on any atom is 0.278 e. The van der Waals surface area contributed by atoms with Gasteiger partial charge >= 0.3 is 0 Å². The second-order valence-electron chi connectivity index (χ2n) is 9.54. The van der Waals surface area contributed by atoms with Crippen LogP contribution in [0, 0.1) is 0 Å². The van der Waals surface area contributed by atoms with E-state index in [1.165, 1.54) is 20.7 Å². The molecule has 5 heteroatoms. The number of allylic oxidation sites excluding steroid dienone is 2. The fourth-order valence-electron chi connectivity index (χ4n) is 5.27. The van der Waals surface area contributed by atoms with E-state index in [1.54, 1.807) is 0 Å². The molecule has 0 radical (unpaired) electrons. The topological polar surface area (TPSA) is 9.23 Å². The predicted octanol–water partition coefficient (Wildman–Crippen LogP) is 6.91. The zero-order chi connectivity index (χ0) is 27.6. The first-order chi connectivity index (χ1) is 19.1. The molecule has 0 aliphatic carbocycles. The molecular weight excluding hydrogens is 545 g/mol. The summed E-state index contributed by atoms with van der Waals surface area (Å²) in [5, 5.41) is 9.66. The molecule has 0 aromatic heterocycles. The normalized spacial score (nSPS) is 15.3. The van der Waals surface area contributed by atoms with Crippen LogP contribution < -0.4 is 20.7 Å². The number of rotatable bonds is 12. The van der Waals surface area contributed by atoms with Crippen LogP contribution in [0.4, 0.5) is 0 Å². The van der Waals surface area contributed by atoms with Crippen molar-refractivity contribution in [2.75, 3.05) is 0 Å². The molecule has 0 saturated heterocycles. The molecule has 0 N–H and O–H groups in total. The average molecular weight is 583 g/mol. The van der Waals surface area contributed by atoms with E-state index in [1.807, 2.05) is 23.5 Å². The summed E-state index contributed by atoms with van der Waals surface area (Å²) in [4.78, 5) is 0.540. The van der Waals surface area contributed by atoms with Gasteiger partial charge < -0.3 is 4.12 Å². The van der Waals surface area contributed by atoms with E-state index in [0.29, 0.717) is 0 Å². The highest BCUT2D eigenvalue weighted by Gasteiger charge is 2.56. The monoisotopic (exact) mass is 582 g/mol. The van der Waals surface area contributed by atoms with Gasteiger partial charge in [-0.15, -0.1) is 23.5 Å². The molecule has 0 saturated carbocycles. The minimum absolute atomic E-state index is 0.270. The van der Waals surface area contributed by atoms with E-state index < -0.39 is 16.6 Å². The third-order valence-corrected chi connectivity index (χ3v) is 21.4. The van der Waals surface area contributed by atoms with Gasteiger partial charge in [-0.25, -0.2) is 0 Å². The minimum atomic E-state index is -2.96. The molecule has 0 aliphatic heterocycles. The lowest BCUT2D eigenvalue weighted by Crippen LogP contribution is -2.79. The van der Waals surface area contributed by atoms with Crippen molar-refractivity contribution in [1.29, 1.82) is 0 Å². The van der Waals surface area contributed by atoms with Crippen molar-refractivity contribution in [2.24, 2.45) is 0 Å². The zero-order valence-corrected chi connectivity index (χ0v) is 26.9. The third kappa shape index (κ3) is 6.29. The summed E-state index contributed by atoms with van der Waals surface area (Å²) < 4.78 is 8.26. The van der Waals surface area contributed by atoms with E-state index in [2.05, 4.69) is 172 Å². The van der Waals surface area contributed by atoms with Gasteiger partial charge in [-0.1, -0.05) is 147 Å². The fourth-order valence-corrected chi connectivity index (χ4v) is 21.8. The van der Waals surface area contributed by atoms with E-state index in [0.717, 1.165) is 0 Å². The van der Waals surface area contributed by atoms with E-state index in [9.17, 15) is 0 Å². The summed E-state index contributed by atoms with van der Waals surface area (Å²) in [6.45, 7) is 8.97. The highest BCUT2D eigenvalue weighted by atomic mass is 32.2. The van der Waals surface area contributed by atoms with E-state index in [4.69, 9.17) is 4.12 Å². The molecule has 0 amide bonds. The Bertz CT molecular complexity index is 1210. The lowest BCUT2D eigenvalue weighted by molar-refractivity contribution is 0.562. The highest BCUT2D eigenvalue weighted by molar-refractivity contribution is 8.06. The maximum atomic E-state index is 8.26. The van der Waals surface area contributed by atoms with Crippen LogP contribution in [-0.2, 0) is 4.12 Å². The molecule has 1 nitrogen and oxygen atoms in total. The molecule has 39 heavy (non-hydrogen) atoms. The summed E-state index contributed by atoms with van der Waals surface area (Å²) in [6.07, 6.45) is 4.29. The van der Waals surface area contributed by atoms with Crippen molar-refractivity contribution in [3.05, 3.63) is 144 Å². The molecule has 200 valence electrons. The lowest BCUT2D eigenvalue weighted by atomic mass is 10.3. The minimum Gasteiger partial charge on any atom is -0.441 e. The van der Waals surface area contributed by atoms with Gasteiger partial charge in [0.25, 0.3) is 8.32 Å². The van der Waals surface area contributed by atoms with Crippen molar-refractivity contribution in [1.82, 2.24) is 0 Å². The number of hydrogen-bond donors (Lipinski definition) is 0. The standard InChI is InChI=1S/C34H38OS2Si2/c1-5-27-36-29(3)38(30(4)37-28-6-2,31-19-11-7-12-20-31)35-39(32-21-13-8-14-22-32,33-23-15-9-16-24-33)34-25-17-10-18-26-34/h5-30H,1-4H3/b27-5-,28-6-. The van der Waals surface area contributed by atoms with Gasteiger partial charge in [0, 0.05) is 9.75 Å². The SMILES string of the molecule is C/C=C\SC(C)[Si](O[Si](c1ccccc1)(c1ccccc1)c1ccccc1)(c1ccccc1)C(C)S/C=C\C. The smallest absolute Gasteiger partial charge is 0.278 e. The molecule has 4 rings (SSSR count). The molecule has 4 aromatic carbocycles. The quantitative estimate of drug-likeness (QED) is 0.133. The van der Waals surface area contributed by atoms with Crippen LogP contribution >= 0.6 is 23.5 Å². The third-order valence-electron chi connectivity index (χ3n) is 7.13. The Balaban J connectivity index is 2.10. The summed E-state index contributed by atoms with van der Waals surface area (Å²) >= 11 is 3.81. The summed E-state index contributed by atoms with van der Waals surface area (Å²) in [5.74, 6) is 0. The first kappa shape index (κ1) is 29.4. The molecule has 0 aliphatic rings. The first-order valence-electron chi connectivity index (χ1n) is 13.5. The van der Waals surface area contributed by atoms with Gasteiger partial charge in [-0.2, -0.15) is 0 Å². The Labute approximate surface area is 245 Å². The van der Waals surface area contributed by atoms with Crippen LogP contribution in [0.1, 0.15) is 27.7 Å². The molecule has 0 bridgehead atoms. The average Bonchev–Trinajstić information content (AvgIpc) is 3.01. The lowest BCUT2D eigenvalue weighted by Gasteiger charge is -2.48. The van der Waals surface area contributed by atoms with Crippen LogP contribution in [0.2, 0.25) is 0 Å². The van der Waals surface area contributed by atoms with Crippen LogP contribution in [0.25, 0.3) is 0 Å². The van der Waals surface area contributed by atoms with E-state index in [-0.39, 0.29) is 9.75 Å². The van der Waals surface area contributed by atoms with E-state index >= 15 is 0 Å². The first-order valence-corrected chi connectivity index (χ1v) is 19.4. The largest absolute Gasteiger partial charge is 0.441 e.